The number of hydrogen-bond acceptors (Lipinski definition) is 2. The molecule has 1 heterocycles. The molecule has 0 atom stereocenters. The van der Waals surface area contributed by atoms with Crippen molar-refractivity contribution in [3.05, 3.63) is 22.2 Å². The Bertz CT molecular complexity index is 312. The molecule has 1 aromatic rings. The van der Waals surface area contributed by atoms with Crippen LogP contribution in [0.25, 0.3) is 0 Å². The predicted molar refractivity (Wildman–Crippen MR) is 52.6 cm³/mol. The Morgan fingerprint density at radius 2 is 2.25 bits per heavy atom. The van der Waals surface area contributed by atoms with Gasteiger partial charge in [-0.1, -0.05) is 0 Å². The molecule has 2 rings (SSSR count). The molecular formula is C9H10BrNO. The van der Waals surface area contributed by atoms with E-state index in [1.54, 1.807) is 0 Å². The number of rotatable bonds is 0. The van der Waals surface area contributed by atoms with Crippen molar-refractivity contribution in [3.8, 4) is 5.75 Å². The molecule has 0 bridgehead atoms. The Morgan fingerprint density at radius 3 is 3.08 bits per heavy atom. The van der Waals surface area contributed by atoms with E-state index >= 15 is 0 Å². The zero-order valence-corrected chi connectivity index (χ0v) is 8.19. The number of nitrogens with one attached hydrogen (secondary N) is 1. The second kappa shape index (κ2) is 2.98. The monoisotopic (exact) mass is 227 g/mol. The van der Waals surface area contributed by atoms with E-state index in [4.69, 9.17) is 0 Å². The molecule has 0 aliphatic carbocycles. The average Bonchev–Trinajstić information content (AvgIpc) is 2.12. The van der Waals surface area contributed by atoms with Crippen LogP contribution in [0.5, 0.6) is 5.75 Å². The molecule has 2 nitrogen and oxygen atoms in total. The predicted octanol–water partition coefficient (Wildman–Crippen LogP) is 2.51. The number of halogens is 1. The number of phenolic OH excluding ortho intramolecular Hbond substituents is 1. The SMILES string of the molecule is Oc1c(Br)ccc2c1CCCN2. The summed E-state index contributed by atoms with van der Waals surface area (Å²) in [6.45, 7) is 1.01. The van der Waals surface area contributed by atoms with Crippen molar-refractivity contribution in [1.82, 2.24) is 0 Å². The van der Waals surface area contributed by atoms with Crippen molar-refractivity contribution in [3.63, 3.8) is 0 Å². The van der Waals surface area contributed by atoms with Gasteiger partial charge in [-0.05, 0) is 40.9 Å². The van der Waals surface area contributed by atoms with E-state index in [-0.39, 0.29) is 0 Å². The number of hydrogen-bond donors (Lipinski definition) is 2. The minimum atomic E-state index is 0.389. The fourth-order valence-corrected chi connectivity index (χ4v) is 1.89. The molecule has 1 aliphatic rings. The quantitative estimate of drug-likeness (QED) is 0.715. The lowest BCUT2D eigenvalue weighted by atomic mass is 10.0. The van der Waals surface area contributed by atoms with Gasteiger partial charge in [-0.15, -0.1) is 0 Å². The first-order valence-corrected chi connectivity index (χ1v) is 4.82. The van der Waals surface area contributed by atoms with Crippen LogP contribution in [0.2, 0.25) is 0 Å². The molecule has 2 N–H and O–H groups in total. The molecule has 0 spiro atoms. The van der Waals surface area contributed by atoms with Gasteiger partial charge in [-0.3, -0.25) is 0 Å². The highest BCUT2D eigenvalue weighted by Gasteiger charge is 2.13. The van der Waals surface area contributed by atoms with Crippen LogP contribution in [0.4, 0.5) is 5.69 Å². The van der Waals surface area contributed by atoms with Crippen molar-refractivity contribution in [2.24, 2.45) is 0 Å². The zero-order valence-electron chi connectivity index (χ0n) is 6.60. The highest BCUT2D eigenvalue weighted by atomic mass is 79.9. The first kappa shape index (κ1) is 7.92. The summed E-state index contributed by atoms with van der Waals surface area (Å²) in [6.07, 6.45) is 2.06. The van der Waals surface area contributed by atoms with E-state index in [9.17, 15) is 5.11 Å². The van der Waals surface area contributed by atoms with Crippen molar-refractivity contribution in [2.75, 3.05) is 11.9 Å². The second-order valence-corrected chi connectivity index (χ2v) is 3.81. The first-order chi connectivity index (χ1) is 5.79. The summed E-state index contributed by atoms with van der Waals surface area (Å²) in [6, 6.07) is 3.87. The van der Waals surface area contributed by atoms with Gasteiger partial charge in [-0.25, -0.2) is 0 Å². The van der Waals surface area contributed by atoms with Gasteiger partial charge in [-0.2, -0.15) is 0 Å². The maximum Gasteiger partial charge on any atom is 0.135 e. The van der Waals surface area contributed by atoms with Crippen molar-refractivity contribution >= 4 is 21.6 Å². The van der Waals surface area contributed by atoms with Crippen LogP contribution in [0, 0.1) is 0 Å². The lowest BCUT2D eigenvalue weighted by Crippen LogP contribution is -2.11. The van der Waals surface area contributed by atoms with Crippen LogP contribution >= 0.6 is 15.9 Å². The summed E-state index contributed by atoms with van der Waals surface area (Å²) in [5, 5.41) is 12.9. The lowest BCUT2D eigenvalue weighted by molar-refractivity contribution is 0.463. The van der Waals surface area contributed by atoms with E-state index in [1.807, 2.05) is 12.1 Å². The van der Waals surface area contributed by atoms with Crippen LogP contribution in [0.3, 0.4) is 0 Å². The number of benzene rings is 1. The standard InChI is InChI=1S/C9H10BrNO/c10-7-3-4-8-6(9(7)12)2-1-5-11-8/h3-4,11-12H,1-2,5H2. The van der Waals surface area contributed by atoms with E-state index in [1.165, 1.54) is 0 Å². The maximum absolute atomic E-state index is 9.66. The van der Waals surface area contributed by atoms with Crippen LogP contribution in [0.1, 0.15) is 12.0 Å². The molecule has 0 fully saturated rings. The molecular weight excluding hydrogens is 218 g/mol. The minimum Gasteiger partial charge on any atom is -0.506 e. The average molecular weight is 228 g/mol. The van der Waals surface area contributed by atoms with Crippen LogP contribution in [-0.4, -0.2) is 11.7 Å². The molecule has 0 aromatic heterocycles. The first-order valence-electron chi connectivity index (χ1n) is 4.03. The summed E-state index contributed by atoms with van der Waals surface area (Å²) >= 11 is 3.30. The summed E-state index contributed by atoms with van der Waals surface area (Å²) in [4.78, 5) is 0. The van der Waals surface area contributed by atoms with Gasteiger partial charge in [0.25, 0.3) is 0 Å². The molecule has 3 heteroatoms. The summed E-state index contributed by atoms with van der Waals surface area (Å²) in [5.41, 5.74) is 2.11. The molecule has 64 valence electrons. The smallest absolute Gasteiger partial charge is 0.135 e. The zero-order chi connectivity index (χ0) is 8.55. The normalized spacial score (nSPS) is 15.1. The van der Waals surface area contributed by atoms with Crippen LogP contribution in [0.15, 0.2) is 16.6 Å². The number of phenols is 1. The molecule has 0 saturated carbocycles. The topological polar surface area (TPSA) is 32.3 Å². The number of aromatic hydroxyl groups is 1. The van der Waals surface area contributed by atoms with E-state index in [0.717, 1.165) is 35.1 Å². The fourth-order valence-electron chi connectivity index (χ4n) is 1.51. The Kier molecular flexibility index (Phi) is 1.97. The maximum atomic E-state index is 9.66. The Balaban J connectivity index is 2.54. The third kappa shape index (κ3) is 1.18. The Morgan fingerprint density at radius 1 is 1.42 bits per heavy atom. The Hall–Kier alpha value is -0.700. The molecule has 12 heavy (non-hydrogen) atoms. The third-order valence-corrected chi connectivity index (χ3v) is 2.79. The minimum absolute atomic E-state index is 0.389. The van der Waals surface area contributed by atoms with Gasteiger partial charge in [0, 0.05) is 17.8 Å². The summed E-state index contributed by atoms with van der Waals surface area (Å²) in [5.74, 6) is 0.389. The van der Waals surface area contributed by atoms with Gasteiger partial charge < -0.3 is 10.4 Å². The van der Waals surface area contributed by atoms with E-state index in [2.05, 4.69) is 21.2 Å². The van der Waals surface area contributed by atoms with Crippen molar-refractivity contribution in [1.29, 1.82) is 0 Å². The highest BCUT2D eigenvalue weighted by Crippen LogP contribution is 2.35. The molecule has 0 unspecified atom stereocenters. The summed E-state index contributed by atoms with van der Waals surface area (Å²) in [7, 11) is 0. The van der Waals surface area contributed by atoms with Gasteiger partial charge in [0.05, 0.1) is 4.47 Å². The second-order valence-electron chi connectivity index (χ2n) is 2.95. The lowest BCUT2D eigenvalue weighted by Gasteiger charge is -2.19. The number of fused-ring (bicyclic) bond motifs is 1. The Labute approximate surface area is 79.7 Å². The van der Waals surface area contributed by atoms with Crippen molar-refractivity contribution in [2.45, 2.75) is 12.8 Å². The fraction of sp³-hybridized carbons (Fsp3) is 0.333. The van der Waals surface area contributed by atoms with Gasteiger partial charge in [0.15, 0.2) is 0 Å². The van der Waals surface area contributed by atoms with Gasteiger partial charge in [0.1, 0.15) is 5.75 Å². The van der Waals surface area contributed by atoms with Gasteiger partial charge in [0.2, 0.25) is 0 Å². The van der Waals surface area contributed by atoms with Crippen molar-refractivity contribution < 1.29 is 5.11 Å². The van der Waals surface area contributed by atoms with Crippen LogP contribution in [-0.2, 0) is 6.42 Å². The highest BCUT2D eigenvalue weighted by molar-refractivity contribution is 9.10. The van der Waals surface area contributed by atoms with E-state index in [0.29, 0.717) is 5.75 Å². The van der Waals surface area contributed by atoms with E-state index < -0.39 is 0 Å². The molecule has 1 aliphatic heterocycles. The third-order valence-electron chi connectivity index (χ3n) is 2.15. The molecule has 1 aromatic carbocycles. The largest absolute Gasteiger partial charge is 0.506 e. The molecule has 0 radical (unpaired) electrons. The van der Waals surface area contributed by atoms with Crippen LogP contribution < -0.4 is 5.32 Å². The molecule has 0 saturated heterocycles. The van der Waals surface area contributed by atoms with Gasteiger partial charge >= 0.3 is 0 Å². The summed E-state index contributed by atoms with van der Waals surface area (Å²) < 4.78 is 0.782. The number of anilines is 1. The molecule has 0 amide bonds.